The number of carbonyl (C=O) groups excluding carboxylic acids is 1. The number of rotatable bonds is 3. The third-order valence-electron chi connectivity index (χ3n) is 4.40. The molecular formula is C18H20N2O3. The van der Waals surface area contributed by atoms with Crippen LogP contribution in [0.25, 0.3) is 0 Å². The van der Waals surface area contributed by atoms with Crippen LogP contribution in [-0.2, 0) is 12.0 Å². The molecule has 1 aromatic heterocycles. The molecule has 2 aromatic rings. The minimum Gasteiger partial charge on any atom is -0.383 e. The van der Waals surface area contributed by atoms with E-state index in [1.54, 1.807) is 6.92 Å². The van der Waals surface area contributed by atoms with Crippen molar-refractivity contribution in [3.8, 4) is 0 Å². The quantitative estimate of drug-likeness (QED) is 0.806. The van der Waals surface area contributed by atoms with Crippen LogP contribution < -0.4 is 10.7 Å². The Balaban J connectivity index is 1.78. The third-order valence-corrected chi connectivity index (χ3v) is 4.40. The number of aromatic amines is 1. The number of hydrogen-bond donors (Lipinski definition) is 3. The molecule has 0 bridgehead atoms. The summed E-state index contributed by atoms with van der Waals surface area (Å²) in [5.41, 5.74) is 1.33. The van der Waals surface area contributed by atoms with Gasteiger partial charge in [0.25, 0.3) is 5.91 Å². The summed E-state index contributed by atoms with van der Waals surface area (Å²) in [7, 11) is 0. The summed E-state index contributed by atoms with van der Waals surface area (Å²) in [5, 5.41) is 13.6. The number of fused-ring (bicyclic) bond motifs is 1. The largest absolute Gasteiger partial charge is 0.383 e. The van der Waals surface area contributed by atoms with Gasteiger partial charge in [0.05, 0.1) is 6.54 Å². The molecule has 1 heterocycles. The highest BCUT2D eigenvalue weighted by Crippen LogP contribution is 2.34. The summed E-state index contributed by atoms with van der Waals surface area (Å²) in [6.45, 7) is 1.85. The van der Waals surface area contributed by atoms with Gasteiger partial charge in [-0.15, -0.1) is 0 Å². The van der Waals surface area contributed by atoms with Gasteiger partial charge in [-0.2, -0.15) is 0 Å². The van der Waals surface area contributed by atoms with Crippen molar-refractivity contribution in [2.45, 2.75) is 31.8 Å². The maximum absolute atomic E-state index is 12.2. The molecule has 1 aliphatic rings. The third kappa shape index (κ3) is 3.05. The Bertz CT molecular complexity index is 797. The van der Waals surface area contributed by atoms with Gasteiger partial charge in [-0.3, -0.25) is 9.59 Å². The Labute approximate surface area is 134 Å². The Hall–Kier alpha value is -2.40. The van der Waals surface area contributed by atoms with E-state index in [0.717, 1.165) is 24.0 Å². The summed E-state index contributed by atoms with van der Waals surface area (Å²) in [6.07, 6.45) is 3.80. The van der Waals surface area contributed by atoms with Gasteiger partial charge in [-0.25, -0.2) is 0 Å². The normalized spacial score (nSPS) is 19.9. The number of hydrogen-bond acceptors (Lipinski definition) is 3. The summed E-state index contributed by atoms with van der Waals surface area (Å²) in [6, 6.07) is 9.14. The van der Waals surface area contributed by atoms with Crippen LogP contribution >= 0.6 is 0 Å². The molecule has 1 unspecified atom stereocenters. The minimum atomic E-state index is -1.08. The average molecular weight is 312 g/mol. The van der Waals surface area contributed by atoms with E-state index in [2.05, 4.69) is 10.3 Å². The maximum Gasteiger partial charge on any atom is 0.256 e. The zero-order chi connectivity index (χ0) is 16.4. The number of nitrogens with one attached hydrogen (secondary N) is 2. The Morgan fingerprint density at radius 2 is 2.17 bits per heavy atom. The van der Waals surface area contributed by atoms with Crippen LogP contribution in [0.5, 0.6) is 0 Å². The molecule has 0 fully saturated rings. The Morgan fingerprint density at radius 1 is 1.39 bits per heavy atom. The molecular weight excluding hydrogens is 292 g/mol. The van der Waals surface area contributed by atoms with Crippen LogP contribution in [0.2, 0.25) is 0 Å². The molecule has 3 rings (SSSR count). The van der Waals surface area contributed by atoms with E-state index in [9.17, 15) is 14.7 Å². The molecule has 3 N–H and O–H groups in total. The van der Waals surface area contributed by atoms with Crippen LogP contribution in [0.1, 0.15) is 40.0 Å². The standard InChI is InChI=1S/C18H20N2O3/c1-12-9-16(21)14(10-19-12)17(22)20-11-18(23)8-4-6-13-5-2-3-7-15(13)18/h2-3,5,7,9-10,23H,4,6,8,11H2,1H3,(H,19,21)(H,20,22). The van der Waals surface area contributed by atoms with E-state index >= 15 is 0 Å². The molecule has 5 heteroatoms. The highest BCUT2D eigenvalue weighted by molar-refractivity contribution is 5.93. The fourth-order valence-corrected chi connectivity index (χ4v) is 3.15. The predicted octanol–water partition coefficient (Wildman–Crippen LogP) is 1.64. The van der Waals surface area contributed by atoms with Gasteiger partial charge in [0, 0.05) is 18.0 Å². The first-order valence-electron chi connectivity index (χ1n) is 7.78. The van der Waals surface area contributed by atoms with E-state index in [1.165, 1.54) is 12.3 Å². The number of aryl methyl sites for hydroxylation is 2. The highest BCUT2D eigenvalue weighted by atomic mass is 16.3. The SMILES string of the molecule is Cc1cc(=O)c(C(=O)NCC2(O)CCCc3ccccc32)c[nH]1. The van der Waals surface area contributed by atoms with Crippen molar-refractivity contribution in [2.75, 3.05) is 6.54 Å². The number of carbonyl (C=O) groups is 1. The molecule has 0 radical (unpaired) electrons. The summed E-state index contributed by atoms with van der Waals surface area (Å²) in [4.78, 5) is 27.0. The molecule has 1 aromatic carbocycles. The summed E-state index contributed by atoms with van der Waals surface area (Å²) < 4.78 is 0. The van der Waals surface area contributed by atoms with E-state index in [4.69, 9.17) is 0 Å². The highest BCUT2D eigenvalue weighted by Gasteiger charge is 2.34. The van der Waals surface area contributed by atoms with Crippen molar-refractivity contribution >= 4 is 5.91 Å². The van der Waals surface area contributed by atoms with E-state index in [0.29, 0.717) is 12.1 Å². The van der Waals surface area contributed by atoms with Crippen LogP contribution in [0.3, 0.4) is 0 Å². The van der Waals surface area contributed by atoms with Crippen molar-refractivity contribution in [3.05, 3.63) is 69.1 Å². The second kappa shape index (κ2) is 6.01. The molecule has 0 saturated carbocycles. The lowest BCUT2D eigenvalue weighted by atomic mass is 9.79. The van der Waals surface area contributed by atoms with Gasteiger partial charge in [-0.05, 0) is 37.3 Å². The van der Waals surface area contributed by atoms with Gasteiger partial charge in [0.2, 0.25) is 0 Å². The van der Waals surface area contributed by atoms with Gasteiger partial charge in [0.1, 0.15) is 11.2 Å². The topological polar surface area (TPSA) is 82.2 Å². The smallest absolute Gasteiger partial charge is 0.256 e. The fourth-order valence-electron chi connectivity index (χ4n) is 3.15. The molecule has 0 aliphatic heterocycles. The Kier molecular flexibility index (Phi) is 4.05. The van der Waals surface area contributed by atoms with Gasteiger partial charge < -0.3 is 15.4 Å². The number of aliphatic hydroxyl groups is 1. The van der Waals surface area contributed by atoms with E-state index < -0.39 is 11.5 Å². The van der Waals surface area contributed by atoms with E-state index in [1.807, 2.05) is 24.3 Å². The van der Waals surface area contributed by atoms with Gasteiger partial charge >= 0.3 is 0 Å². The fraction of sp³-hybridized carbons (Fsp3) is 0.333. The zero-order valence-electron chi connectivity index (χ0n) is 13.1. The zero-order valence-corrected chi connectivity index (χ0v) is 13.1. The lowest BCUT2D eigenvalue weighted by Crippen LogP contribution is -2.43. The lowest BCUT2D eigenvalue weighted by Gasteiger charge is -2.34. The first-order chi connectivity index (χ1) is 11.0. The van der Waals surface area contributed by atoms with E-state index in [-0.39, 0.29) is 17.5 Å². The number of H-pyrrole nitrogens is 1. The minimum absolute atomic E-state index is 0.0586. The average Bonchev–Trinajstić information content (AvgIpc) is 2.53. The van der Waals surface area contributed by atoms with Crippen molar-refractivity contribution in [3.63, 3.8) is 0 Å². The number of pyridine rings is 1. The second-order valence-corrected chi connectivity index (χ2v) is 6.12. The first-order valence-corrected chi connectivity index (χ1v) is 7.78. The monoisotopic (exact) mass is 312 g/mol. The summed E-state index contributed by atoms with van der Waals surface area (Å²) in [5.74, 6) is -0.470. The molecule has 23 heavy (non-hydrogen) atoms. The van der Waals surface area contributed by atoms with Crippen LogP contribution in [0.4, 0.5) is 0 Å². The van der Waals surface area contributed by atoms with Crippen LogP contribution in [0.15, 0.2) is 41.3 Å². The van der Waals surface area contributed by atoms with Crippen LogP contribution in [0, 0.1) is 6.92 Å². The molecule has 120 valence electrons. The second-order valence-electron chi connectivity index (χ2n) is 6.12. The Morgan fingerprint density at radius 3 is 2.96 bits per heavy atom. The maximum atomic E-state index is 12.2. The molecule has 0 saturated heterocycles. The molecule has 5 nitrogen and oxygen atoms in total. The predicted molar refractivity (Wildman–Crippen MR) is 87.4 cm³/mol. The van der Waals surface area contributed by atoms with Crippen molar-refractivity contribution in [1.82, 2.24) is 10.3 Å². The van der Waals surface area contributed by atoms with Crippen LogP contribution in [-0.4, -0.2) is 22.5 Å². The number of amides is 1. The van der Waals surface area contributed by atoms with Crippen molar-refractivity contribution < 1.29 is 9.90 Å². The lowest BCUT2D eigenvalue weighted by molar-refractivity contribution is 0.0189. The summed E-state index contributed by atoms with van der Waals surface area (Å²) >= 11 is 0. The molecule has 1 aliphatic carbocycles. The molecule has 0 spiro atoms. The number of aromatic nitrogens is 1. The first kappa shape index (κ1) is 15.5. The van der Waals surface area contributed by atoms with Crippen molar-refractivity contribution in [2.24, 2.45) is 0 Å². The van der Waals surface area contributed by atoms with Gasteiger partial charge in [0.15, 0.2) is 5.43 Å². The number of benzene rings is 1. The van der Waals surface area contributed by atoms with Crippen molar-refractivity contribution in [1.29, 1.82) is 0 Å². The molecule has 1 amide bonds. The molecule has 1 atom stereocenters. The van der Waals surface area contributed by atoms with Gasteiger partial charge in [-0.1, -0.05) is 24.3 Å².